The van der Waals surface area contributed by atoms with Gasteiger partial charge in [0.05, 0.1) is 12.1 Å². The molecule has 1 unspecified atom stereocenters. The predicted octanol–water partition coefficient (Wildman–Crippen LogP) is 2.35. The second-order valence-electron chi connectivity index (χ2n) is 2.43. The highest BCUT2D eigenvalue weighted by molar-refractivity contribution is 5.17. The molecular weight excluding hydrogens is 160 g/mol. The number of nitrogens with two attached hydrogens (primary N) is 1. The lowest BCUT2D eigenvalue weighted by Gasteiger charge is -2.00. The van der Waals surface area contributed by atoms with Crippen LogP contribution in [0.15, 0.2) is 30.3 Å². The molecule has 0 saturated carbocycles. The number of rotatable bonds is 2. The van der Waals surface area contributed by atoms with Gasteiger partial charge in [-0.05, 0) is 5.56 Å². The van der Waals surface area contributed by atoms with Crippen molar-refractivity contribution in [2.24, 2.45) is 5.73 Å². The Bertz CT molecular complexity index is 254. The van der Waals surface area contributed by atoms with E-state index in [9.17, 15) is 0 Å². The minimum Gasteiger partial charge on any atom is -0.316 e. The molecule has 0 spiro atoms. The van der Waals surface area contributed by atoms with Crippen LogP contribution < -0.4 is 5.73 Å². The van der Waals surface area contributed by atoms with E-state index in [1.807, 2.05) is 50.2 Å². The normalized spacial score (nSPS) is 10.6. The molecule has 0 saturated heterocycles. The maximum absolute atomic E-state index is 8.42. The molecule has 1 atom stereocenters. The van der Waals surface area contributed by atoms with E-state index in [2.05, 4.69) is 0 Å². The molecule has 2 N–H and O–H groups in total. The standard InChI is InChI=1S/C9H10N2.C2H6.H2/c10-7-9(11)6-8-4-2-1-3-5-8;1-2;/h1-5,9H,6,11H2;1-2H3;1H. The lowest BCUT2D eigenvalue weighted by Crippen LogP contribution is -2.19. The summed E-state index contributed by atoms with van der Waals surface area (Å²) in [5, 5.41) is 8.42. The first-order valence-electron chi connectivity index (χ1n) is 4.52. The fourth-order valence-electron chi connectivity index (χ4n) is 0.914. The Balaban J connectivity index is 0. The summed E-state index contributed by atoms with van der Waals surface area (Å²) in [6.07, 6.45) is 0.636. The van der Waals surface area contributed by atoms with Crippen LogP contribution in [0.4, 0.5) is 0 Å². The second kappa shape index (κ2) is 7.33. The molecule has 0 amide bonds. The lowest BCUT2D eigenvalue weighted by molar-refractivity contribution is 0.823. The Hall–Kier alpha value is -1.33. The fourth-order valence-corrected chi connectivity index (χ4v) is 0.914. The predicted molar refractivity (Wildman–Crippen MR) is 57.2 cm³/mol. The summed E-state index contributed by atoms with van der Waals surface area (Å²) in [6, 6.07) is 11.4. The van der Waals surface area contributed by atoms with E-state index in [4.69, 9.17) is 11.0 Å². The van der Waals surface area contributed by atoms with Crippen molar-refractivity contribution in [3.63, 3.8) is 0 Å². The summed E-state index contributed by atoms with van der Waals surface area (Å²) >= 11 is 0. The van der Waals surface area contributed by atoms with Gasteiger partial charge in [-0.15, -0.1) is 0 Å². The summed E-state index contributed by atoms with van der Waals surface area (Å²) in [5.41, 5.74) is 6.56. The first kappa shape index (κ1) is 11.7. The smallest absolute Gasteiger partial charge is 0.0968 e. The average Bonchev–Trinajstić information content (AvgIpc) is 2.22. The molecule has 72 valence electrons. The van der Waals surface area contributed by atoms with Crippen molar-refractivity contribution in [3.8, 4) is 6.07 Å². The molecule has 0 fully saturated rings. The van der Waals surface area contributed by atoms with Gasteiger partial charge in [0.2, 0.25) is 0 Å². The second-order valence-corrected chi connectivity index (χ2v) is 2.43. The molecule has 0 radical (unpaired) electrons. The van der Waals surface area contributed by atoms with Crippen molar-refractivity contribution in [2.45, 2.75) is 26.3 Å². The summed E-state index contributed by atoms with van der Waals surface area (Å²) in [4.78, 5) is 0. The third-order valence-corrected chi connectivity index (χ3v) is 1.46. The zero-order valence-electron chi connectivity index (χ0n) is 8.20. The molecule has 2 nitrogen and oxygen atoms in total. The van der Waals surface area contributed by atoms with Gasteiger partial charge in [-0.25, -0.2) is 0 Å². The topological polar surface area (TPSA) is 49.8 Å². The minimum absolute atomic E-state index is 0. The molecular formula is C11H18N2. The highest BCUT2D eigenvalue weighted by atomic mass is 14.6. The van der Waals surface area contributed by atoms with Crippen LogP contribution in [-0.4, -0.2) is 6.04 Å². The maximum atomic E-state index is 8.42. The number of nitrogens with zero attached hydrogens (tertiary/aromatic N) is 1. The van der Waals surface area contributed by atoms with Gasteiger partial charge in [-0.2, -0.15) is 5.26 Å². The van der Waals surface area contributed by atoms with Crippen molar-refractivity contribution >= 4 is 0 Å². The van der Waals surface area contributed by atoms with Crippen molar-refractivity contribution in [1.29, 1.82) is 5.26 Å². The molecule has 0 heterocycles. The van der Waals surface area contributed by atoms with Gasteiger partial charge in [0, 0.05) is 7.85 Å². The first-order chi connectivity index (χ1) is 6.33. The van der Waals surface area contributed by atoms with Gasteiger partial charge >= 0.3 is 0 Å². The molecule has 1 aromatic carbocycles. The van der Waals surface area contributed by atoms with Gasteiger partial charge in [-0.1, -0.05) is 44.2 Å². The molecule has 1 rings (SSSR count). The summed E-state index contributed by atoms with van der Waals surface area (Å²) in [7, 11) is 0. The molecule has 0 aliphatic rings. The highest BCUT2D eigenvalue weighted by Crippen LogP contribution is 2.00. The monoisotopic (exact) mass is 178 g/mol. The van der Waals surface area contributed by atoms with Crippen molar-refractivity contribution in [3.05, 3.63) is 35.9 Å². The Morgan fingerprint density at radius 2 is 1.92 bits per heavy atom. The Morgan fingerprint density at radius 3 is 2.38 bits per heavy atom. The van der Waals surface area contributed by atoms with Gasteiger partial charge in [-0.3, -0.25) is 0 Å². The van der Waals surface area contributed by atoms with E-state index in [0.29, 0.717) is 6.42 Å². The van der Waals surface area contributed by atoms with E-state index in [1.165, 1.54) is 0 Å². The van der Waals surface area contributed by atoms with Gasteiger partial charge in [0.25, 0.3) is 0 Å². The third-order valence-electron chi connectivity index (χ3n) is 1.46. The van der Waals surface area contributed by atoms with Crippen LogP contribution in [0.3, 0.4) is 0 Å². The Morgan fingerprint density at radius 1 is 1.38 bits per heavy atom. The minimum atomic E-state index is -0.377. The Labute approximate surface area is 81.5 Å². The quantitative estimate of drug-likeness (QED) is 0.755. The van der Waals surface area contributed by atoms with E-state index < -0.39 is 0 Å². The van der Waals surface area contributed by atoms with Crippen molar-refractivity contribution < 1.29 is 1.43 Å². The number of nitriles is 1. The molecule has 0 aliphatic carbocycles. The molecule has 2 heteroatoms. The number of hydrogen-bond donors (Lipinski definition) is 1. The van der Waals surface area contributed by atoms with Crippen molar-refractivity contribution in [2.75, 3.05) is 0 Å². The van der Waals surface area contributed by atoms with E-state index in [-0.39, 0.29) is 7.47 Å². The molecule has 13 heavy (non-hydrogen) atoms. The molecule has 1 aromatic rings. The molecule has 0 aliphatic heterocycles. The van der Waals surface area contributed by atoms with E-state index >= 15 is 0 Å². The molecule has 0 aromatic heterocycles. The van der Waals surface area contributed by atoms with Crippen LogP contribution in [0.5, 0.6) is 0 Å². The fraction of sp³-hybridized carbons (Fsp3) is 0.364. The van der Waals surface area contributed by atoms with Crippen LogP contribution in [-0.2, 0) is 6.42 Å². The van der Waals surface area contributed by atoms with Crippen molar-refractivity contribution in [1.82, 2.24) is 0 Å². The van der Waals surface area contributed by atoms with Crippen LogP contribution in [0.25, 0.3) is 0 Å². The zero-order valence-corrected chi connectivity index (χ0v) is 8.20. The SMILES string of the molecule is CC.N#CC(N)Cc1ccccc1.[HH]. The first-order valence-corrected chi connectivity index (χ1v) is 4.52. The number of hydrogen-bond acceptors (Lipinski definition) is 2. The van der Waals surface area contributed by atoms with Gasteiger partial charge < -0.3 is 5.73 Å². The van der Waals surface area contributed by atoms with Crippen LogP contribution in [0.1, 0.15) is 20.8 Å². The van der Waals surface area contributed by atoms with Gasteiger partial charge in [0.1, 0.15) is 0 Å². The summed E-state index contributed by atoms with van der Waals surface area (Å²) < 4.78 is 0. The molecule has 0 bridgehead atoms. The highest BCUT2D eigenvalue weighted by Gasteiger charge is 1.99. The third kappa shape index (κ3) is 5.00. The van der Waals surface area contributed by atoms with Crippen LogP contribution >= 0.6 is 0 Å². The summed E-state index contributed by atoms with van der Waals surface area (Å²) in [5.74, 6) is 0. The van der Waals surface area contributed by atoms with Crippen LogP contribution in [0.2, 0.25) is 0 Å². The van der Waals surface area contributed by atoms with E-state index in [1.54, 1.807) is 0 Å². The number of benzene rings is 1. The van der Waals surface area contributed by atoms with E-state index in [0.717, 1.165) is 5.56 Å². The van der Waals surface area contributed by atoms with Gasteiger partial charge in [0.15, 0.2) is 0 Å². The Kier molecular flexibility index (Phi) is 6.58. The lowest BCUT2D eigenvalue weighted by atomic mass is 10.1. The van der Waals surface area contributed by atoms with Crippen LogP contribution in [0, 0.1) is 11.3 Å². The largest absolute Gasteiger partial charge is 0.316 e. The summed E-state index contributed by atoms with van der Waals surface area (Å²) in [6.45, 7) is 4.00. The zero-order chi connectivity index (χ0) is 10.1. The average molecular weight is 178 g/mol. The maximum Gasteiger partial charge on any atom is 0.0968 e.